The summed E-state index contributed by atoms with van der Waals surface area (Å²) in [6.07, 6.45) is 0. The number of hydrogen-bond donors (Lipinski definition) is 1. The Kier molecular flexibility index (Phi) is 2.60. The normalized spacial score (nSPS) is 11.0. The average molecular weight is 220 g/mol. The summed E-state index contributed by atoms with van der Waals surface area (Å²) in [6.45, 7) is 3.89. The molecule has 0 unspecified atom stereocenters. The number of aromatic nitrogens is 3. The molecule has 0 aliphatic heterocycles. The molecule has 84 valence electrons. The van der Waals surface area contributed by atoms with Gasteiger partial charge in [0.1, 0.15) is 11.5 Å². The number of nitrogens with zero attached hydrogens (tertiary/aromatic N) is 3. The largest absolute Gasteiger partial charge is 0.380 e. The van der Waals surface area contributed by atoms with Gasteiger partial charge < -0.3 is 5.73 Å². The number of halogens is 1. The average Bonchev–Trinajstić information content (AvgIpc) is 2.61. The second-order valence-electron chi connectivity index (χ2n) is 3.84. The van der Waals surface area contributed by atoms with Crippen LogP contribution in [0.15, 0.2) is 24.3 Å². The highest BCUT2D eigenvalue weighted by Crippen LogP contribution is 2.28. The van der Waals surface area contributed by atoms with Crippen molar-refractivity contribution in [3.05, 3.63) is 30.1 Å². The summed E-state index contributed by atoms with van der Waals surface area (Å²) in [5, 5.41) is 7.69. The van der Waals surface area contributed by atoms with E-state index in [0.717, 1.165) is 0 Å². The Labute approximate surface area is 92.9 Å². The van der Waals surface area contributed by atoms with Gasteiger partial charge in [-0.15, -0.1) is 5.10 Å². The molecule has 0 saturated heterocycles. The van der Waals surface area contributed by atoms with E-state index in [1.807, 2.05) is 13.8 Å². The second kappa shape index (κ2) is 3.92. The molecule has 1 heterocycles. The van der Waals surface area contributed by atoms with Crippen molar-refractivity contribution in [2.75, 3.05) is 5.73 Å². The molecule has 0 saturated carbocycles. The van der Waals surface area contributed by atoms with Crippen LogP contribution in [-0.4, -0.2) is 15.0 Å². The van der Waals surface area contributed by atoms with Crippen molar-refractivity contribution >= 4 is 5.82 Å². The van der Waals surface area contributed by atoms with Crippen molar-refractivity contribution in [3.8, 4) is 11.3 Å². The Bertz CT molecular complexity index is 504. The van der Waals surface area contributed by atoms with Crippen molar-refractivity contribution in [2.45, 2.75) is 19.9 Å². The number of nitrogen functional groups attached to an aromatic ring is 1. The molecule has 5 heteroatoms. The molecule has 0 bridgehead atoms. The molecule has 2 N–H and O–H groups in total. The van der Waals surface area contributed by atoms with Crippen molar-refractivity contribution in [3.63, 3.8) is 0 Å². The van der Waals surface area contributed by atoms with Gasteiger partial charge in [-0.1, -0.05) is 17.3 Å². The maximum absolute atomic E-state index is 13.7. The van der Waals surface area contributed by atoms with Gasteiger partial charge in [-0.05, 0) is 26.0 Å². The van der Waals surface area contributed by atoms with Crippen LogP contribution in [0.4, 0.5) is 10.2 Å². The lowest BCUT2D eigenvalue weighted by molar-refractivity contribution is 0.517. The fourth-order valence-corrected chi connectivity index (χ4v) is 1.58. The van der Waals surface area contributed by atoms with E-state index in [1.54, 1.807) is 22.9 Å². The van der Waals surface area contributed by atoms with E-state index in [4.69, 9.17) is 5.73 Å². The smallest absolute Gasteiger partial charge is 0.174 e. The summed E-state index contributed by atoms with van der Waals surface area (Å²) in [5.74, 6) is -0.0720. The predicted octanol–water partition coefficient (Wildman–Crippen LogP) is 2.25. The van der Waals surface area contributed by atoms with Gasteiger partial charge in [0.15, 0.2) is 5.82 Å². The molecule has 0 fully saturated rings. The zero-order valence-corrected chi connectivity index (χ0v) is 9.18. The molecule has 0 atom stereocenters. The first kappa shape index (κ1) is 10.6. The topological polar surface area (TPSA) is 56.7 Å². The Morgan fingerprint density at radius 3 is 2.62 bits per heavy atom. The molecule has 1 aromatic heterocycles. The monoisotopic (exact) mass is 220 g/mol. The van der Waals surface area contributed by atoms with Crippen LogP contribution < -0.4 is 5.73 Å². The van der Waals surface area contributed by atoms with E-state index in [-0.39, 0.29) is 17.7 Å². The van der Waals surface area contributed by atoms with E-state index in [0.29, 0.717) is 11.3 Å². The van der Waals surface area contributed by atoms with Crippen molar-refractivity contribution in [1.29, 1.82) is 0 Å². The van der Waals surface area contributed by atoms with Crippen LogP contribution in [0.2, 0.25) is 0 Å². The molecule has 16 heavy (non-hydrogen) atoms. The number of rotatable bonds is 2. The lowest BCUT2D eigenvalue weighted by Crippen LogP contribution is -2.06. The Morgan fingerprint density at radius 1 is 1.31 bits per heavy atom. The SMILES string of the molecule is CC(C)n1nnc(N)c1-c1ccccc1F. The van der Waals surface area contributed by atoms with Crippen LogP contribution in [0.3, 0.4) is 0 Å². The van der Waals surface area contributed by atoms with Gasteiger partial charge in [-0.2, -0.15) is 0 Å². The van der Waals surface area contributed by atoms with Crippen LogP contribution in [0.5, 0.6) is 0 Å². The zero-order valence-electron chi connectivity index (χ0n) is 9.18. The summed E-state index contributed by atoms with van der Waals surface area (Å²) in [7, 11) is 0. The minimum Gasteiger partial charge on any atom is -0.380 e. The van der Waals surface area contributed by atoms with Crippen molar-refractivity contribution in [2.24, 2.45) is 0 Å². The summed E-state index contributed by atoms with van der Waals surface area (Å²) in [6, 6.07) is 6.54. The highest BCUT2D eigenvalue weighted by molar-refractivity contribution is 5.70. The minimum absolute atomic E-state index is 0.0828. The molecular weight excluding hydrogens is 207 g/mol. The lowest BCUT2D eigenvalue weighted by Gasteiger charge is -2.10. The standard InChI is InChI=1S/C11H13FN4/c1-7(2)16-10(11(13)14-15-16)8-5-3-4-6-9(8)12/h3-7H,13H2,1-2H3. The maximum atomic E-state index is 13.7. The summed E-state index contributed by atoms with van der Waals surface area (Å²) >= 11 is 0. The molecule has 4 nitrogen and oxygen atoms in total. The van der Waals surface area contributed by atoms with Crippen LogP contribution in [-0.2, 0) is 0 Å². The molecule has 0 aliphatic carbocycles. The van der Waals surface area contributed by atoms with E-state index >= 15 is 0 Å². The number of anilines is 1. The van der Waals surface area contributed by atoms with Crippen molar-refractivity contribution < 1.29 is 4.39 Å². The quantitative estimate of drug-likeness (QED) is 0.844. The third-order valence-corrected chi connectivity index (χ3v) is 2.34. The predicted molar refractivity (Wildman–Crippen MR) is 60.2 cm³/mol. The highest BCUT2D eigenvalue weighted by atomic mass is 19.1. The van der Waals surface area contributed by atoms with Gasteiger partial charge >= 0.3 is 0 Å². The minimum atomic E-state index is -0.321. The van der Waals surface area contributed by atoms with E-state index in [2.05, 4.69) is 10.3 Å². The molecule has 0 aliphatic rings. The van der Waals surface area contributed by atoms with Crippen LogP contribution in [0.1, 0.15) is 19.9 Å². The first-order valence-corrected chi connectivity index (χ1v) is 5.07. The highest BCUT2D eigenvalue weighted by Gasteiger charge is 2.17. The van der Waals surface area contributed by atoms with Crippen LogP contribution in [0, 0.1) is 5.82 Å². The van der Waals surface area contributed by atoms with E-state index in [9.17, 15) is 4.39 Å². The summed E-state index contributed by atoms with van der Waals surface area (Å²) < 4.78 is 15.3. The fourth-order valence-electron chi connectivity index (χ4n) is 1.58. The second-order valence-corrected chi connectivity index (χ2v) is 3.84. The maximum Gasteiger partial charge on any atom is 0.174 e. The Hall–Kier alpha value is -1.91. The van der Waals surface area contributed by atoms with E-state index < -0.39 is 0 Å². The number of benzene rings is 1. The third-order valence-electron chi connectivity index (χ3n) is 2.34. The van der Waals surface area contributed by atoms with Gasteiger partial charge in [0, 0.05) is 11.6 Å². The summed E-state index contributed by atoms with van der Waals surface area (Å²) in [5.41, 5.74) is 6.68. The van der Waals surface area contributed by atoms with Gasteiger partial charge in [0.05, 0.1) is 0 Å². The molecule has 1 aromatic carbocycles. The molecule has 0 amide bonds. The lowest BCUT2D eigenvalue weighted by atomic mass is 10.1. The van der Waals surface area contributed by atoms with E-state index in [1.165, 1.54) is 6.07 Å². The fraction of sp³-hybridized carbons (Fsp3) is 0.273. The molecule has 0 radical (unpaired) electrons. The molecule has 2 rings (SSSR count). The first-order chi connectivity index (χ1) is 7.61. The van der Waals surface area contributed by atoms with Crippen LogP contribution >= 0.6 is 0 Å². The Morgan fingerprint density at radius 2 is 2.00 bits per heavy atom. The first-order valence-electron chi connectivity index (χ1n) is 5.07. The van der Waals surface area contributed by atoms with Crippen molar-refractivity contribution in [1.82, 2.24) is 15.0 Å². The number of nitrogens with two attached hydrogens (primary N) is 1. The third kappa shape index (κ3) is 1.64. The van der Waals surface area contributed by atoms with Gasteiger partial charge in [-0.3, -0.25) is 0 Å². The molecule has 2 aromatic rings. The number of hydrogen-bond acceptors (Lipinski definition) is 3. The zero-order chi connectivity index (χ0) is 11.7. The van der Waals surface area contributed by atoms with Crippen LogP contribution in [0.25, 0.3) is 11.3 Å². The van der Waals surface area contributed by atoms with Gasteiger partial charge in [0.2, 0.25) is 0 Å². The van der Waals surface area contributed by atoms with Gasteiger partial charge in [-0.25, -0.2) is 9.07 Å². The molecular formula is C11H13FN4. The Balaban J connectivity index is 2.64. The van der Waals surface area contributed by atoms with Gasteiger partial charge in [0.25, 0.3) is 0 Å². The summed E-state index contributed by atoms with van der Waals surface area (Å²) in [4.78, 5) is 0. The molecule has 0 spiro atoms.